The van der Waals surface area contributed by atoms with Crippen molar-refractivity contribution in [2.24, 2.45) is 4.36 Å². The van der Waals surface area contributed by atoms with Gasteiger partial charge >= 0.3 is 5.97 Å². The summed E-state index contributed by atoms with van der Waals surface area (Å²) in [6.45, 7) is 2.98. The summed E-state index contributed by atoms with van der Waals surface area (Å²) in [5, 5.41) is 16.1. The number of aliphatic carboxylic acids is 1. The van der Waals surface area contributed by atoms with E-state index in [1.54, 1.807) is 6.92 Å². The number of nitrogens with zero attached hydrogens (tertiary/aromatic N) is 4. The van der Waals surface area contributed by atoms with Crippen molar-refractivity contribution in [3.05, 3.63) is 47.7 Å². The first-order valence-corrected chi connectivity index (χ1v) is 11.3. The Morgan fingerprint density at radius 2 is 2.06 bits per heavy atom. The van der Waals surface area contributed by atoms with Gasteiger partial charge in [-0.05, 0) is 31.5 Å². The quantitative estimate of drug-likeness (QED) is 0.586. The van der Waals surface area contributed by atoms with Crippen LogP contribution in [0.4, 0.5) is 15.9 Å². The third kappa shape index (κ3) is 4.97. The predicted octanol–water partition coefficient (Wildman–Crippen LogP) is 2.64. The first-order valence-electron chi connectivity index (χ1n) is 8.96. The van der Waals surface area contributed by atoms with Crippen molar-refractivity contribution < 1.29 is 28.0 Å². The van der Waals surface area contributed by atoms with E-state index in [1.807, 2.05) is 0 Å². The Morgan fingerprint density at radius 1 is 1.35 bits per heavy atom. The number of carboxylic acids is 1. The van der Waals surface area contributed by atoms with Gasteiger partial charge < -0.3 is 15.2 Å². The summed E-state index contributed by atoms with van der Waals surface area (Å²) >= 11 is 0. The lowest BCUT2D eigenvalue weighted by atomic mass is 10.2. The van der Waals surface area contributed by atoms with E-state index in [0.29, 0.717) is 11.1 Å². The van der Waals surface area contributed by atoms with Gasteiger partial charge in [-0.2, -0.15) is 9.46 Å². The number of rotatable bonds is 6. The van der Waals surface area contributed by atoms with Crippen LogP contribution in [0.1, 0.15) is 22.8 Å². The summed E-state index contributed by atoms with van der Waals surface area (Å²) in [4.78, 5) is 27.8. The molecule has 0 aliphatic rings. The van der Waals surface area contributed by atoms with Crippen molar-refractivity contribution in [2.45, 2.75) is 20.0 Å². The molecule has 0 radical (unpaired) electrons. The highest BCUT2D eigenvalue weighted by atomic mass is 32.2. The molecule has 1 amide bonds. The van der Waals surface area contributed by atoms with Crippen LogP contribution < -0.4 is 10.1 Å². The predicted molar refractivity (Wildman–Crippen MR) is 112 cm³/mol. The molecular weight excluding hydrogens is 429 g/mol. The number of carboxylic acid groups (broad SMARTS) is 1. The average molecular weight is 449 g/mol. The van der Waals surface area contributed by atoms with E-state index in [-0.39, 0.29) is 22.8 Å². The van der Waals surface area contributed by atoms with Crippen LogP contribution in [-0.4, -0.2) is 54.4 Å². The topological polar surface area (TPSA) is 135 Å². The van der Waals surface area contributed by atoms with Crippen LogP contribution in [0.2, 0.25) is 0 Å². The van der Waals surface area contributed by atoms with Crippen molar-refractivity contribution in [1.82, 2.24) is 14.6 Å². The minimum atomic E-state index is -2.65. The number of hydrogen-bond acceptors (Lipinski definition) is 7. The summed E-state index contributed by atoms with van der Waals surface area (Å²) in [7, 11) is -2.65. The van der Waals surface area contributed by atoms with Gasteiger partial charge in [-0.25, -0.2) is 22.9 Å². The monoisotopic (exact) mass is 449 g/mol. The van der Waals surface area contributed by atoms with Gasteiger partial charge in [0.2, 0.25) is 0 Å². The molecular formula is C19H20FN5O5S. The molecule has 0 aliphatic heterocycles. The zero-order valence-corrected chi connectivity index (χ0v) is 17.9. The highest BCUT2D eigenvalue weighted by Gasteiger charge is 2.20. The van der Waals surface area contributed by atoms with Gasteiger partial charge in [0.05, 0.1) is 11.3 Å². The Kier molecular flexibility index (Phi) is 5.93. The smallest absolute Gasteiger partial charge is 0.344 e. The zero-order chi connectivity index (χ0) is 22.9. The first kappa shape index (κ1) is 22.2. The second-order valence-electron chi connectivity index (χ2n) is 7.01. The number of fused-ring (bicyclic) bond motifs is 1. The van der Waals surface area contributed by atoms with Crippen molar-refractivity contribution in [1.29, 1.82) is 0 Å². The summed E-state index contributed by atoms with van der Waals surface area (Å²) < 4.78 is 36.1. The van der Waals surface area contributed by atoms with E-state index in [9.17, 15) is 18.2 Å². The van der Waals surface area contributed by atoms with E-state index in [4.69, 9.17) is 9.84 Å². The molecule has 0 bridgehead atoms. The maximum atomic E-state index is 13.7. The number of halogens is 1. The molecule has 31 heavy (non-hydrogen) atoms. The Morgan fingerprint density at radius 3 is 2.71 bits per heavy atom. The molecule has 3 rings (SSSR count). The molecule has 0 unspecified atom stereocenters. The van der Waals surface area contributed by atoms with Gasteiger partial charge in [-0.3, -0.25) is 4.79 Å². The van der Waals surface area contributed by atoms with E-state index in [1.165, 1.54) is 48.6 Å². The van der Waals surface area contributed by atoms with E-state index >= 15 is 0 Å². The Balaban J connectivity index is 2.07. The number of carbonyl (C=O) groups excluding carboxylic acids is 1. The summed E-state index contributed by atoms with van der Waals surface area (Å²) in [5.41, 5.74) is 1.39. The number of hydrogen-bond donors (Lipinski definition) is 2. The van der Waals surface area contributed by atoms with Crippen LogP contribution in [0, 0.1) is 12.7 Å². The van der Waals surface area contributed by atoms with Crippen molar-refractivity contribution in [2.75, 3.05) is 17.8 Å². The Hall–Kier alpha value is -3.54. The molecule has 0 spiro atoms. The lowest BCUT2D eigenvalue weighted by Gasteiger charge is -2.16. The van der Waals surface area contributed by atoms with Crippen LogP contribution in [-0.2, 0) is 14.5 Å². The highest BCUT2D eigenvalue weighted by molar-refractivity contribution is 7.92. The molecule has 2 aromatic heterocycles. The minimum absolute atomic E-state index is 0.0288. The number of amides is 1. The number of nitrogens with one attached hydrogen (secondary N) is 1. The van der Waals surface area contributed by atoms with Gasteiger partial charge in [0.15, 0.2) is 11.9 Å². The normalized spacial score (nSPS) is 12.4. The lowest BCUT2D eigenvalue weighted by Crippen LogP contribution is -2.23. The van der Waals surface area contributed by atoms with E-state index < -0.39 is 33.5 Å². The van der Waals surface area contributed by atoms with Gasteiger partial charge in [-0.1, -0.05) is 0 Å². The van der Waals surface area contributed by atoms with Crippen LogP contribution in [0.25, 0.3) is 5.52 Å². The SMILES string of the molecule is Cc1c(C(=O)N=S(C)(C)=O)cn2ncnc(Nc3ccc(F)cc3O[C@H](C)C(=O)O)c12. The van der Waals surface area contributed by atoms with Crippen LogP contribution in [0.5, 0.6) is 5.75 Å². The van der Waals surface area contributed by atoms with Gasteiger partial charge in [0, 0.05) is 34.5 Å². The number of aryl methyl sites for hydroxylation is 1. The number of carbonyl (C=O) groups is 2. The zero-order valence-electron chi connectivity index (χ0n) is 17.1. The van der Waals surface area contributed by atoms with Crippen LogP contribution in [0.3, 0.4) is 0 Å². The maximum Gasteiger partial charge on any atom is 0.344 e. The van der Waals surface area contributed by atoms with Gasteiger partial charge in [0.25, 0.3) is 5.91 Å². The summed E-state index contributed by atoms with van der Waals surface area (Å²) in [6.07, 6.45) is 4.19. The third-order valence-corrected chi connectivity index (χ3v) is 4.81. The lowest BCUT2D eigenvalue weighted by molar-refractivity contribution is -0.144. The van der Waals surface area contributed by atoms with E-state index in [0.717, 1.165) is 6.07 Å². The maximum absolute atomic E-state index is 13.7. The Labute approximate surface area is 177 Å². The van der Waals surface area contributed by atoms with Crippen LogP contribution >= 0.6 is 0 Å². The summed E-state index contributed by atoms with van der Waals surface area (Å²) in [5.74, 6) is -2.23. The molecule has 1 aromatic carbocycles. The third-order valence-electron chi connectivity index (χ3n) is 4.21. The number of ether oxygens (including phenoxy) is 1. The molecule has 3 aromatic rings. The van der Waals surface area contributed by atoms with E-state index in [2.05, 4.69) is 19.8 Å². The molecule has 164 valence electrons. The van der Waals surface area contributed by atoms with Gasteiger partial charge in [-0.15, -0.1) is 0 Å². The number of anilines is 2. The second kappa shape index (κ2) is 8.30. The first-order chi connectivity index (χ1) is 14.5. The molecule has 0 fully saturated rings. The van der Waals surface area contributed by atoms with Crippen molar-refractivity contribution >= 4 is 38.6 Å². The number of aromatic nitrogens is 3. The molecule has 0 aliphatic carbocycles. The number of benzene rings is 1. The van der Waals surface area contributed by atoms with Crippen molar-refractivity contribution in [3.8, 4) is 5.75 Å². The minimum Gasteiger partial charge on any atom is -0.479 e. The standard InChI is InChI=1S/C19H20FN5O5S/c1-10-13(18(26)24-31(3,4)29)8-25-16(10)17(21-9-22-25)23-14-6-5-12(20)7-15(14)30-11(2)19(27)28/h5-9,11H,1-4H3,(H,27,28)(H,21,22,23)/t11-/m1/s1. The fraction of sp³-hybridized carbons (Fsp3) is 0.263. The highest BCUT2D eigenvalue weighted by Crippen LogP contribution is 2.32. The van der Waals surface area contributed by atoms with Crippen molar-refractivity contribution in [3.63, 3.8) is 0 Å². The van der Waals surface area contributed by atoms with Crippen LogP contribution in [0.15, 0.2) is 35.1 Å². The van der Waals surface area contributed by atoms with Gasteiger partial charge in [0.1, 0.15) is 23.4 Å². The molecule has 0 saturated carbocycles. The largest absolute Gasteiger partial charge is 0.479 e. The average Bonchev–Trinajstić information content (AvgIpc) is 3.00. The fourth-order valence-electron chi connectivity index (χ4n) is 2.78. The molecule has 12 heteroatoms. The molecule has 1 atom stereocenters. The molecule has 2 heterocycles. The summed E-state index contributed by atoms with van der Waals surface area (Å²) in [6, 6.07) is 3.61. The Bertz CT molecular complexity index is 1300. The second-order valence-corrected chi connectivity index (χ2v) is 9.56. The fourth-order valence-corrected chi connectivity index (χ4v) is 3.28. The molecule has 10 nitrogen and oxygen atoms in total. The molecule has 2 N–H and O–H groups in total. The molecule has 0 saturated heterocycles.